The van der Waals surface area contributed by atoms with E-state index < -0.39 is 7.14 Å². The molecule has 158 valence electrons. The molecule has 3 aromatic rings. The van der Waals surface area contributed by atoms with E-state index in [0.29, 0.717) is 11.3 Å². The Hall–Kier alpha value is -1.86. The maximum absolute atomic E-state index is 15.2. The van der Waals surface area contributed by atoms with Crippen molar-refractivity contribution in [3.05, 3.63) is 48.5 Å². The van der Waals surface area contributed by atoms with Gasteiger partial charge in [0.1, 0.15) is 13.0 Å². The molecule has 0 saturated heterocycles. The lowest BCUT2D eigenvalue weighted by Crippen LogP contribution is -2.30. The van der Waals surface area contributed by atoms with Gasteiger partial charge in [0, 0.05) is 29.2 Å². The standard InChI is InChI=1S/C26H33N2OP/c1-28-24-18-10-9-17-23(24)27-26(28)22-16-8-11-19-25(22)30(29,20-12-4-2-5-13-20)21-14-6-3-7-15-21/h8-11,16-21H,2-7,12-15H2,1H3. The number of rotatable bonds is 4. The molecule has 2 saturated carbocycles. The maximum atomic E-state index is 15.2. The van der Waals surface area contributed by atoms with Crippen molar-refractivity contribution in [1.29, 1.82) is 0 Å². The van der Waals surface area contributed by atoms with E-state index >= 15 is 4.57 Å². The van der Waals surface area contributed by atoms with Crippen molar-refractivity contribution in [1.82, 2.24) is 9.55 Å². The fourth-order valence-corrected chi connectivity index (χ4v) is 10.5. The Bertz CT molecular complexity index is 1050. The van der Waals surface area contributed by atoms with E-state index in [-0.39, 0.29) is 0 Å². The molecule has 0 amide bonds. The number of hydrogen-bond acceptors (Lipinski definition) is 2. The smallest absolute Gasteiger partial charge is 0.141 e. The molecular weight excluding hydrogens is 387 g/mol. The van der Waals surface area contributed by atoms with E-state index in [2.05, 4.69) is 54.1 Å². The summed E-state index contributed by atoms with van der Waals surface area (Å²) in [6.07, 6.45) is 12.0. The molecule has 0 radical (unpaired) electrons. The maximum Gasteiger partial charge on any atom is 0.141 e. The van der Waals surface area contributed by atoms with Crippen molar-refractivity contribution < 1.29 is 4.57 Å². The third-order valence-electron chi connectivity index (χ3n) is 7.54. The summed E-state index contributed by atoms with van der Waals surface area (Å²) in [5.74, 6) is 0.957. The minimum Gasteiger partial charge on any atom is -0.327 e. The molecule has 4 heteroatoms. The van der Waals surface area contributed by atoms with Gasteiger partial charge < -0.3 is 9.13 Å². The van der Waals surface area contributed by atoms with Gasteiger partial charge in [-0.15, -0.1) is 0 Å². The van der Waals surface area contributed by atoms with Gasteiger partial charge in [0.05, 0.1) is 11.0 Å². The van der Waals surface area contributed by atoms with Crippen LogP contribution in [0, 0.1) is 0 Å². The van der Waals surface area contributed by atoms with Gasteiger partial charge in [0.15, 0.2) is 0 Å². The van der Waals surface area contributed by atoms with Crippen LogP contribution in [0.25, 0.3) is 22.4 Å². The van der Waals surface area contributed by atoms with Crippen LogP contribution in [-0.4, -0.2) is 20.9 Å². The highest BCUT2D eigenvalue weighted by atomic mass is 31.2. The van der Waals surface area contributed by atoms with Crippen molar-refractivity contribution in [2.75, 3.05) is 0 Å². The van der Waals surface area contributed by atoms with Crippen LogP contribution >= 0.6 is 7.14 Å². The van der Waals surface area contributed by atoms with Gasteiger partial charge in [-0.3, -0.25) is 0 Å². The fraction of sp³-hybridized carbons (Fsp3) is 0.500. The molecule has 0 spiro atoms. The van der Waals surface area contributed by atoms with Crippen LogP contribution in [0.2, 0.25) is 0 Å². The second kappa shape index (κ2) is 8.35. The molecule has 0 bridgehead atoms. The van der Waals surface area contributed by atoms with Crippen LogP contribution in [0.1, 0.15) is 64.2 Å². The van der Waals surface area contributed by atoms with Crippen molar-refractivity contribution in [3.63, 3.8) is 0 Å². The molecule has 30 heavy (non-hydrogen) atoms. The Labute approximate surface area is 180 Å². The molecule has 1 heterocycles. The summed E-state index contributed by atoms with van der Waals surface area (Å²) in [5, 5.41) is 1.11. The van der Waals surface area contributed by atoms with Crippen LogP contribution in [0.3, 0.4) is 0 Å². The molecule has 0 N–H and O–H groups in total. The molecule has 2 aliphatic rings. The quantitative estimate of drug-likeness (QED) is 0.431. The summed E-state index contributed by atoms with van der Waals surface area (Å²) < 4.78 is 17.4. The van der Waals surface area contributed by atoms with Gasteiger partial charge in [-0.1, -0.05) is 74.9 Å². The lowest BCUT2D eigenvalue weighted by molar-refractivity contribution is 0.453. The number of hydrogen-bond donors (Lipinski definition) is 0. The van der Waals surface area contributed by atoms with Gasteiger partial charge in [0.2, 0.25) is 0 Å². The Morgan fingerprint density at radius 3 is 2.00 bits per heavy atom. The molecule has 0 unspecified atom stereocenters. The molecular formula is C26H33N2OP. The van der Waals surface area contributed by atoms with Crippen molar-refractivity contribution in [2.45, 2.75) is 75.5 Å². The Morgan fingerprint density at radius 1 is 0.800 bits per heavy atom. The first-order valence-corrected chi connectivity index (χ1v) is 13.6. The van der Waals surface area contributed by atoms with Gasteiger partial charge in [0.25, 0.3) is 0 Å². The Balaban J connectivity index is 1.68. The lowest BCUT2D eigenvalue weighted by atomic mass is 9.99. The zero-order valence-corrected chi connectivity index (χ0v) is 19.0. The summed E-state index contributed by atoms with van der Waals surface area (Å²) in [6, 6.07) is 16.8. The topological polar surface area (TPSA) is 34.9 Å². The SMILES string of the molecule is Cn1c(-c2ccccc2P(=O)(C2CCCCC2)C2CCCCC2)nc2ccccc21. The fourth-order valence-electron chi connectivity index (χ4n) is 5.97. The number of nitrogens with zero attached hydrogens (tertiary/aromatic N) is 2. The Kier molecular flexibility index (Phi) is 5.58. The summed E-state index contributed by atoms with van der Waals surface area (Å²) in [6.45, 7) is 0. The van der Waals surface area contributed by atoms with E-state index in [9.17, 15) is 0 Å². The van der Waals surface area contributed by atoms with Crippen molar-refractivity contribution in [2.24, 2.45) is 7.05 Å². The third-order valence-corrected chi connectivity index (χ3v) is 11.9. The highest BCUT2D eigenvalue weighted by molar-refractivity contribution is 7.73. The monoisotopic (exact) mass is 420 g/mol. The highest BCUT2D eigenvalue weighted by Gasteiger charge is 2.44. The Morgan fingerprint density at radius 2 is 1.37 bits per heavy atom. The molecule has 2 fully saturated rings. The van der Waals surface area contributed by atoms with Crippen molar-refractivity contribution >= 4 is 23.5 Å². The zero-order chi connectivity index (χ0) is 20.6. The molecule has 5 rings (SSSR count). The summed E-state index contributed by atoms with van der Waals surface area (Å²) in [4.78, 5) is 4.99. The zero-order valence-electron chi connectivity index (χ0n) is 18.1. The van der Waals surface area contributed by atoms with Gasteiger partial charge in [-0.2, -0.15) is 0 Å². The molecule has 3 nitrogen and oxygen atoms in total. The average Bonchev–Trinajstić information content (AvgIpc) is 3.16. The molecule has 2 aromatic carbocycles. The average molecular weight is 421 g/mol. The van der Waals surface area contributed by atoms with Gasteiger partial charge in [-0.25, -0.2) is 4.98 Å². The van der Waals surface area contributed by atoms with Crippen LogP contribution in [0.15, 0.2) is 48.5 Å². The van der Waals surface area contributed by atoms with E-state index in [0.717, 1.165) is 53.4 Å². The largest absolute Gasteiger partial charge is 0.327 e. The number of imidazole rings is 1. The van der Waals surface area contributed by atoms with Crippen LogP contribution < -0.4 is 5.30 Å². The van der Waals surface area contributed by atoms with E-state index in [1.54, 1.807) is 0 Å². The van der Waals surface area contributed by atoms with Gasteiger partial charge >= 0.3 is 0 Å². The number of fused-ring (bicyclic) bond motifs is 1. The number of benzene rings is 2. The summed E-state index contributed by atoms with van der Waals surface area (Å²) in [7, 11) is -0.451. The summed E-state index contributed by atoms with van der Waals surface area (Å²) >= 11 is 0. The van der Waals surface area contributed by atoms with E-state index in [1.165, 1.54) is 38.5 Å². The number of aromatic nitrogens is 2. The third kappa shape index (κ3) is 3.36. The van der Waals surface area contributed by atoms with Crippen LogP contribution in [0.4, 0.5) is 0 Å². The normalized spacial score (nSPS) is 19.4. The lowest BCUT2D eigenvalue weighted by Gasteiger charge is -2.39. The molecule has 0 atom stereocenters. The first-order chi connectivity index (χ1) is 14.7. The van der Waals surface area contributed by atoms with E-state index in [4.69, 9.17) is 4.98 Å². The predicted molar refractivity (Wildman–Crippen MR) is 127 cm³/mol. The molecule has 0 aliphatic heterocycles. The molecule has 1 aromatic heterocycles. The second-order valence-electron chi connectivity index (χ2n) is 9.29. The minimum atomic E-state index is -2.54. The highest BCUT2D eigenvalue weighted by Crippen LogP contribution is 2.62. The summed E-state index contributed by atoms with van der Waals surface area (Å²) in [5.41, 5.74) is 3.94. The van der Waals surface area contributed by atoms with Gasteiger partial charge in [-0.05, 0) is 37.8 Å². The van der Waals surface area contributed by atoms with Crippen LogP contribution in [-0.2, 0) is 11.6 Å². The first-order valence-electron chi connectivity index (χ1n) is 11.8. The number of para-hydroxylation sites is 2. The van der Waals surface area contributed by atoms with E-state index in [1.807, 2.05) is 6.07 Å². The van der Waals surface area contributed by atoms with Crippen molar-refractivity contribution in [3.8, 4) is 11.4 Å². The van der Waals surface area contributed by atoms with Crippen LogP contribution in [0.5, 0.6) is 0 Å². The predicted octanol–water partition coefficient (Wildman–Crippen LogP) is 6.89. The minimum absolute atomic E-state index is 0.352. The molecule has 2 aliphatic carbocycles. The first kappa shape index (κ1) is 20.1. The second-order valence-corrected chi connectivity index (χ2v) is 12.7. The number of aryl methyl sites for hydroxylation is 1.